The molecule has 160 valence electrons. The highest BCUT2D eigenvalue weighted by Crippen LogP contribution is 2.23. The molecule has 1 aromatic rings. The van der Waals surface area contributed by atoms with Gasteiger partial charge >= 0.3 is 0 Å². The van der Waals surface area contributed by atoms with Crippen molar-refractivity contribution in [1.82, 2.24) is 10.2 Å². The first-order valence-corrected chi connectivity index (χ1v) is 11.4. The average Bonchev–Trinajstić information content (AvgIpc) is 2.61. The summed E-state index contributed by atoms with van der Waals surface area (Å²) in [6.45, 7) is 10.8. The number of benzene rings is 1. The fourth-order valence-electron chi connectivity index (χ4n) is 2.97. The van der Waals surface area contributed by atoms with Crippen LogP contribution in [0.25, 0.3) is 0 Å². The quantitative estimate of drug-likeness (QED) is 0.257. The van der Waals surface area contributed by atoms with Gasteiger partial charge in [-0.15, -0.1) is 24.0 Å². The van der Waals surface area contributed by atoms with Crippen molar-refractivity contribution in [2.24, 2.45) is 4.99 Å². The number of nitrogens with one attached hydrogen (secondary N) is 1. The number of guanidine groups is 1. The van der Waals surface area contributed by atoms with Crippen LogP contribution in [0.5, 0.6) is 5.75 Å². The Kier molecular flexibility index (Phi) is 10.0. The standard InChI is InChI=1S/C20H33N3O3S.HI/c1-5-21-19(23-13-15-27(24,25)20(3,4)16-23)22-12-6-7-14-26-18-10-8-17(2)9-11-18;/h8-11H,5-7,12-16H2,1-4H3,(H,21,22);1H. The van der Waals surface area contributed by atoms with Gasteiger partial charge in [0.2, 0.25) is 0 Å². The molecule has 0 radical (unpaired) electrons. The molecule has 0 aromatic heterocycles. The smallest absolute Gasteiger partial charge is 0.193 e. The van der Waals surface area contributed by atoms with E-state index in [0.717, 1.165) is 31.1 Å². The minimum Gasteiger partial charge on any atom is -0.494 e. The minimum absolute atomic E-state index is 0. The maximum Gasteiger partial charge on any atom is 0.193 e. The summed E-state index contributed by atoms with van der Waals surface area (Å²) in [7, 11) is -3.04. The molecule has 0 unspecified atom stereocenters. The van der Waals surface area contributed by atoms with E-state index in [1.807, 2.05) is 31.2 Å². The van der Waals surface area contributed by atoms with E-state index >= 15 is 0 Å². The van der Waals surface area contributed by atoms with Crippen molar-refractivity contribution in [1.29, 1.82) is 0 Å². The van der Waals surface area contributed by atoms with Crippen molar-refractivity contribution in [2.75, 3.05) is 38.5 Å². The van der Waals surface area contributed by atoms with Crippen LogP contribution < -0.4 is 10.1 Å². The Balaban J connectivity index is 0.00000392. The van der Waals surface area contributed by atoms with Gasteiger partial charge in [0.1, 0.15) is 5.75 Å². The maximum atomic E-state index is 12.2. The summed E-state index contributed by atoms with van der Waals surface area (Å²) in [4.78, 5) is 6.75. The first-order valence-electron chi connectivity index (χ1n) is 9.70. The predicted molar refractivity (Wildman–Crippen MR) is 127 cm³/mol. The van der Waals surface area contributed by atoms with Crippen molar-refractivity contribution in [3.8, 4) is 5.75 Å². The lowest BCUT2D eigenvalue weighted by Gasteiger charge is -2.39. The van der Waals surface area contributed by atoms with Crippen molar-refractivity contribution in [2.45, 2.75) is 45.3 Å². The maximum absolute atomic E-state index is 12.2. The molecule has 1 N–H and O–H groups in total. The minimum atomic E-state index is -3.04. The van der Waals surface area contributed by atoms with Gasteiger partial charge in [-0.05, 0) is 52.7 Å². The van der Waals surface area contributed by atoms with E-state index in [-0.39, 0.29) is 29.7 Å². The number of hydrogen-bond acceptors (Lipinski definition) is 4. The molecule has 0 atom stereocenters. The number of sulfone groups is 1. The number of aryl methyl sites for hydroxylation is 1. The van der Waals surface area contributed by atoms with Crippen molar-refractivity contribution in [3.05, 3.63) is 29.8 Å². The van der Waals surface area contributed by atoms with E-state index in [9.17, 15) is 8.42 Å². The molecule has 1 fully saturated rings. The molecule has 0 spiro atoms. The Morgan fingerprint density at radius 1 is 1.25 bits per heavy atom. The van der Waals surface area contributed by atoms with Gasteiger partial charge in [0.05, 0.1) is 17.1 Å². The topological polar surface area (TPSA) is 71.0 Å². The fraction of sp³-hybridized carbons (Fsp3) is 0.650. The molecule has 2 rings (SSSR count). The van der Waals surface area contributed by atoms with Gasteiger partial charge < -0.3 is 15.0 Å². The van der Waals surface area contributed by atoms with Crippen LogP contribution in [0.3, 0.4) is 0 Å². The molecule has 8 heteroatoms. The fourth-order valence-corrected chi connectivity index (χ4v) is 4.34. The number of halogens is 1. The number of rotatable bonds is 7. The van der Waals surface area contributed by atoms with E-state index < -0.39 is 14.6 Å². The monoisotopic (exact) mass is 523 g/mol. The Bertz CT molecular complexity index is 734. The van der Waals surface area contributed by atoms with E-state index in [4.69, 9.17) is 4.74 Å². The molecule has 6 nitrogen and oxygen atoms in total. The van der Waals surface area contributed by atoms with Crippen LogP contribution in [0.4, 0.5) is 0 Å². The molecule has 1 aromatic carbocycles. The van der Waals surface area contributed by atoms with Gasteiger partial charge in [-0.1, -0.05) is 17.7 Å². The van der Waals surface area contributed by atoms with Crippen LogP contribution in [0.1, 0.15) is 39.2 Å². The lowest BCUT2D eigenvalue weighted by atomic mass is 10.2. The molecule has 1 heterocycles. The zero-order chi connectivity index (χ0) is 19.9. The Labute approximate surface area is 187 Å². The van der Waals surface area contributed by atoms with E-state index in [1.165, 1.54) is 5.56 Å². The Morgan fingerprint density at radius 3 is 2.54 bits per heavy atom. The van der Waals surface area contributed by atoms with Crippen molar-refractivity contribution < 1.29 is 13.2 Å². The normalized spacial score (nSPS) is 18.3. The molecule has 0 amide bonds. The molecule has 1 aliphatic rings. The molecular weight excluding hydrogens is 489 g/mol. The summed E-state index contributed by atoms with van der Waals surface area (Å²) >= 11 is 0. The summed E-state index contributed by atoms with van der Waals surface area (Å²) in [6.07, 6.45) is 1.85. The van der Waals surface area contributed by atoms with Gasteiger partial charge in [-0.2, -0.15) is 0 Å². The first-order chi connectivity index (χ1) is 12.7. The number of ether oxygens (including phenoxy) is 1. The van der Waals surface area contributed by atoms with E-state index in [0.29, 0.717) is 26.2 Å². The van der Waals surface area contributed by atoms with E-state index in [2.05, 4.69) is 22.1 Å². The van der Waals surface area contributed by atoms with Crippen LogP contribution in [-0.4, -0.2) is 62.6 Å². The first kappa shape index (κ1) is 25.0. The highest BCUT2D eigenvalue weighted by atomic mass is 127. The molecular formula is C20H34IN3O3S. The largest absolute Gasteiger partial charge is 0.494 e. The summed E-state index contributed by atoms with van der Waals surface area (Å²) in [5, 5.41) is 3.29. The molecule has 1 aliphatic heterocycles. The summed E-state index contributed by atoms with van der Waals surface area (Å²) in [6, 6.07) is 8.07. The SMILES string of the molecule is CCNC(=NCCCCOc1ccc(C)cc1)N1CCS(=O)(=O)C(C)(C)C1.I. The highest BCUT2D eigenvalue weighted by molar-refractivity contribution is 14.0. The van der Waals surface area contributed by atoms with Crippen LogP contribution in [-0.2, 0) is 9.84 Å². The zero-order valence-electron chi connectivity index (χ0n) is 17.4. The van der Waals surface area contributed by atoms with Gasteiger partial charge in [0.15, 0.2) is 15.8 Å². The van der Waals surface area contributed by atoms with Gasteiger partial charge in [0.25, 0.3) is 0 Å². The van der Waals surface area contributed by atoms with Crippen molar-refractivity contribution >= 4 is 39.8 Å². The molecule has 0 bridgehead atoms. The molecule has 28 heavy (non-hydrogen) atoms. The Hall–Kier alpha value is -1.03. The third-order valence-corrected chi connectivity index (χ3v) is 7.31. The lowest BCUT2D eigenvalue weighted by molar-refractivity contribution is 0.307. The molecule has 0 aliphatic carbocycles. The van der Waals surface area contributed by atoms with Crippen LogP contribution in [0.2, 0.25) is 0 Å². The lowest BCUT2D eigenvalue weighted by Crippen LogP contribution is -2.57. The van der Waals surface area contributed by atoms with Crippen LogP contribution in [0.15, 0.2) is 29.3 Å². The van der Waals surface area contributed by atoms with E-state index in [1.54, 1.807) is 13.8 Å². The second kappa shape index (κ2) is 11.2. The second-order valence-corrected chi connectivity index (χ2v) is 10.3. The molecule has 1 saturated heterocycles. The highest BCUT2D eigenvalue weighted by Gasteiger charge is 2.40. The second-order valence-electron chi connectivity index (χ2n) is 7.60. The third kappa shape index (κ3) is 7.09. The summed E-state index contributed by atoms with van der Waals surface area (Å²) < 4.78 is 29.4. The van der Waals surface area contributed by atoms with Crippen LogP contribution in [0, 0.1) is 6.92 Å². The summed E-state index contributed by atoms with van der Waals surface area (Å²) in [5.74, 6) is 1.88. The number of hydrogen-bond donors (Lipinski definition) is 1. The number of nitrogens with zero attached hydrogens (tertiary/aromatic N) is 2. The molecule has 0 saturated carbocycles. The summed E-state index contributed by atoms with van der Waals surface area (Å²) in [5.41, 5.74) is 1.22. The van der Waals surface area contributed by atoms with Crippen LogP contribution >= 0.6 is 24.0 Å². The third-order valence-electron chi connectivity index (χ3n) is 4.78. The Morgan fingerprint density at radius 2 is 1.93 bits per heavy atom. The van der Waals surface area contributed by atoms with Gasteiger partial charge in [0, 0.05) is 26.2 Å². The average molecular weight is 523 g/mol. The van der Waals surface area contributed by atoms with Crippen molar-refractivity contribution in [3.63, 3.8) is 0 Å². The van der Waals surface area contributed by atoms with Gasteiger partial charge in [-0.3, -0.25) is 4.99 Å². The number of aliphatic imine (C=N–C) groups is 1. The number of unbranched alkanes of at least 4 members (excludes halogenated alkanes) is 1. The van der Waals surface area contributed by atoms with Gasteiger partial charge in [-0.25, -0.2) is 8.42 Å². The zero-order valence-corrected chi connectivity index (χ0v) is 20.5. The predicted octanol–water partition coefficient (Wildman–Crippen LogP) is 3.25.